The van der Waals surface area contributed by atoms with E-state index in [2.05, 4.69) is 15.0 Å². The van der Waals surface area contributed by atoms with Crippen LogP contribution < -0.4 is 5.32 Å². The van der Waals surface area contributed by atoms with Crippen molar-refractivity contribution < 1.29 is 17.9 Å². The van der Waals surface area contributed by atoms with Gasteiger partial charge in [-0.2, -0.15) is 13.2 Å². The van der Waals surface area contributed by atoms with Crippen molar-refractivity contribution in [2.24, 2.45) is 0 Å². The summed E-state index contributed by atoms with van der Waals surface area (Å²) in [6.45, 7) is 0.202. The molecule has 0 fully saturated rings. The van der Waals surface area contributed by atoms with Gasteiger partial charge in [0.15, 0.2) is 0 Å². The zero-order chi connectivity index (χ0) is 12.7. The highest BCUT2D eigenvalue weighted by Crippen LogP contribution is 2.14. The number of hydrogen-bond donors (Lipinski definition) is 1. The normalized spacial score (nSPS) is 12.0. The second-order valence-electron chi connectivity index (χ2n) is 3.65. The van der Waals surface area contributed by atoms with Gasteiger partial charge in [0.2, 0.25) is 0 Å². The Bertz CT molecular complexity index is 325. The Balaban J connectivity index is 2.13. The van der Waals surface area contributed by atoms with Crippen molar-refractivity contribution in [2.75, 3.05) is 20.3 Å². The molecule has 0 bridgehead atoms. The third-order valence-corrected chi connectivity index (χ3v) is 2.02. The lowest BCUT2D eigenvalue weighted by Crippen LogP contribution is -2.17. The molecule has 0 aromatic carbocycles. The lowest BCUT2D eigenvalue weighted by Gasteiger charge is -2.07. The Morgan fingerprint density at radius 3 is 2.88 bits per heavy atom. The summed E-state index contributed by atoms with van der Waals surface area (Å²) in [4.78, 5) is 4.12. The van der Waals surface area contributed by atoms with E-state index >= 15 is 0 Å². The second kappa shape index (κ2) is 6.61. The molecule has 0 spiro atoms. The summed E-state index contributed by atoms with van der Waals surface area (Å²) in [7, 11) is 1.82. The molecule has 1 rings (SSSR count). The molecule has 0 amide bonds. The van der Waals surface area contributed by atoms with Gasteiger partial charge >= 0.3 is 6.18 Å². The Morgan fingerprint density at radius 1 is 1.47 bits per heavy atom. The Morgan fingerprint density at radius 2 is 2.24 bits per heavy atom. The van der Waals surface area contributed by atoms with Crippen LogP contribution in [0.15, 0.2) is 12.5 Å². The standard InChI is InChI=1S/C10H16F3N3O/c1-14-5-9-6-16(8-15-9)3-2-4-17-7-10(11,12)13/h6,8,14H,2-5,7H2,1H3. The van der Waals surface area contributed by atoms with Crippen LogP contribution in [0.3, 0.4) is 0 Å². The first-order chi connectivity index (χ1) is 8.01. The van der Waals surface area contributed by atoms with Crippen LogP contribution in [0.5, 0.6) is 0 Å². The summed E-state index contributed by atoms with van der Waals surface area (Å²) in [5.41, 5.74) is 0.906. The summed E-state index contributed by atoms with van der Waals surface area (Å²) < 4.78 is 41.6. The number of alkyl halides is 3. The first kappa shape index (κ1) is 14.0. The number of ether oxygens (including phenoxy) is 1. The lowest BCUT2D eigenvalue weighted by molar-refractivity contribution is -0.174. The molecule has 4 nitrogen and oxygen atoms in total. The van der Waals surface area contributed by atoms with E-state index in [0.717, 1.165) is 5.69 Å². The average molecular weight is 251 g/mol. The van der Waals surface area contributed by atoms with Crippen LogP contribution in [0.25, 0.3) is 0 Å². The number of halogens is 3. The van der Waals surface area contributed by atoms with Crippen LogP contribution in [-0.4, -0.2) is 36.0 Å². The number of hydrogen-bond acceptors (Lipinski definition) is 3. The fourth-order valence-electron chi connectivity index (χ4n) is 1.34. The molecule has 1 aromatic heterocycles. The summed E-state index contributed by atoms with van der Waals surface area (Å²) in [5.74, 6) is 0. The van der Waals surface area contributed by atoms with Crippen LogP contribution >= 0.6 is 0 Å². The maximum atomic E-state index is 11.7. The highest BCUT2D eigenvalue weighted by molar-refractivity contribution is 4.95. The van der Waals surface area contributed by atoms with E-state index in [1.165, 1.54) is 0 Å². The lowest BCUT2D eigenvalue weighted by atomic mass is 10.4. The molecular weight excluding hydrogens is 235 g/mol. The van der Waals surface area contributed by atoms with Crippen LogP contribution in [0, 0.1) is 0 Å². The minimum absolute atomic E-state index is 0.0963. The highest BCUT2D eigenvalue weighted by atomic mass is 19.4. The van der Waals surface area contributed by atoms with Crippen molar-refractivity contribution in [1.82, 2.24) is 14.9 Å². The molecule has 1 N–H and O–H groups in total. The van der Waals surface area contributed by atoms with E-state index in [1.54, 1.807) is 6.33 Å². The van der Waals surface area contributed by atoms with Gasteiger partial charge in [-0.1, -0.05) is 0 Å². The van der Waals surface area contributed by atoms with Crippen molar-refractivity contribution >= 4 is 0 Å². The van der Waals surface area contributed by atoms with Gasteiger partial charge in [0.05, 0.1) is 12.0 Å². The Kier molecular flexibility index (Phi) is 5.43. The van der Waals surface area contributed by atoms with Crippen molar-refractivity contribution in [3.05, 3.63) is 18.2 Å². The zero-order valence-electron chi connectivity index (χ0n) is 9.63. The molecule has 0 saturated heterocycles. The number of aromatic nitrogens is 2. The molecule has 0 unspecified atom stereocenters. The van der Waals surface area contributed by atoms with Gasteiger partial charge in [-0.05, 0) is 13.5 Å². The quantitative estimate of drug-likeness (QED) is 0.748. The van der Waals surface area contributed by atoms with Gasteiger partial charge in [0, 0.05) is 25.9 Å². The minimum Gasteiger partial charge on any atom is -0.372 e. The predicted molar refractivity (Wildman–Crippen MR) is 56.5 cm³/mol. The summed E-state index contributed by atoms with van der Waals surface area (Å²) in [6, 6.07) is 0. The minimum atomic E-state index is -4.24. The monoisotopic (exact) mass is 251 g/mol. The molecule has 98 valence electrons. The predicted octanol–water partition coefficient (Wildman–Crippen LogP) is 1.57. The van der Waals surface area contributed by atoms with Crippen molar-refractivity contribution in [3.8, 4) is 0 Å². The smallest absolute Gasteiger partial charge is 0.372 e. The number of nitrogens with zero attached hydrogens (tertiary/aromatic N) is 2. The van der Waals surface area contributed by atoms with Crippen LogP contribution in [0.2, 0.25) is 0 Å². The van der Waals surface area contributed by atoms with Crippen LogP contribution in [0.4, 0.5) is 13.2 Å². The molecule has 0 radical (unpaired) electrons. The first-order valence-corrected chi connectivity index (χ1v) is 5.31. The van der Waals surface area contributed by atoms with E-state index in [1.807, 2.05) is 17.8 Å². The van der Waals surface area contributed by atoms with E-state index in [9.17, 15) is 13.2 Å². The molecule has 0 saturated carbocycles. The van der Waals surface area contributed by atoms with E-state index < -0.39 is 12.8 Å². The van der Waals surface area contributed by atoms with Gasteiger partial charge in [-0.15, -0.1) is 0 Å². The molecule has 0 atom stereocenters. The third-order valence-electron chi connectivity index (χ3n) is 2.02. The second-order valence-corrected chi connectivity index (χ2v) is 3.65. The maximum Gasteiger partial charge on any atom is 0.411 e. The molecule has 17 heavy (non-hydrogen) atoms. The first-order valence-electron chi connectivity index (χ1n) is 5.31. The fraction of sp³-hybridized carbons (Fsp3) is 0.700. The van der Waals surface area contributed by atoms with E-state index in [4.69, 9.17) is 0 Å². The van der Waals surface area contributed by atoms with Gasteiger partial charge in [0.25, 0.3) is 0 Å². The number of aryl methyl sites for hydroxylation is 1. The highest BCUT2D eigenvalue weighted by Gasteiger charge is 2.27. The fourth-order valence-corrected chi connectivity index (χ4v) is 1.34. The Hall–Kier alpha value is -1.08. The van der Waals surface area contributed by atoms with E-state index in [-0.39, 0.29) is 6.61 Å². The molecule has 7 heteroatoms. The maximum absolute atomic E-state index is 11.7. The summed E-state index contributed by atoms with van der Waals surface area (Å²) in [6.07, 6.45) is -0.183. The largest absolute Gasteiger partial charge is 0.411 e. The molecule has 0 aliphatic rings. The van der Waals surface area contributed by atoms with E-state index in [0.29, 0.717) is 19.5 Å². The molecule has 1 aromatic rings. The number of rotatable bonds is 7. The summed E-state index contributed by atoms with van der Waals surface area (Å²) >= 11 is 0. The third kappa shape index (κ3) is 6.28. The topological polar surface area (TPSA) is 39.1 Å². The number of imidazole rings is 1. The zero-order valence-corrected chi connectivity index (χ0v) is 9.63. The average Bonchev–Trinajstić information content (AvgIpc) is 2.64. The van der Waals surface area contributed by atoms with Gasteiger partial charge in [-0.25, -0.2) is 4.98 Å². The van der Waals surface area contributed by atoms with Crippen molar-refractivity contribution in [3.63, 3.8) is 0 Å². The molecule has 0 aliphatic heterocycles. The summed E-state index contributed by atoms with van der Waals surface area (Å²) in [5, 5.41) is 2.96. The molecule has 0 aliphatic carbocycles. The van der Waals surface area contributed by atoms with Gasteiger partial charge in [-0.3, -0.25) is 0 Å². The Labute approximate surface area is 97.8 Å². The van der Waals surface area contributed by atoms with Crippen LogP contribution in [0.1, 0.15) is 12.1 Å². The van der Waals surface area contributed by atoms with Crippen molar-refractivity contribution in [1.29, 1.82) is 0 Å². The molecular formula is C10H16F3N3O. The van der Waals surface area contributed by atoms with Gasteiger partial charge < -0.3 is 14.6 Å². The van der Waals surface area contributed by atoms with Crippen LogP contribution in [-0.2, 0) is 17.8 Å². The SMILES string of the molecule is CNCc1cn(CCCOCC(F)(F)F)cn1. The molecule has 1 heterocycles. The van der Waals surface area contributed by atoms with Gasteiger partial charge in [0.1, 0.15) is 6.61 Å². The number of nitrogens with one attached hydrogen (secondary N) is 1. The van der Waals surface area contributed by atoms with Crippen molar-refractivity contribution in [2.45, 2.75) is 25.7 Å².